The minimum Gasteiger partial charge on any atom is -0.324 e. The van der Waals surface area contributed by atoms with E-state index in [1.807, 2.05) is 31.2 Å². The van der Waals surface area contributed by atoms with Crippen LogP contribution in [-0.4, -0.2) is 4.98 Å². The summed E-state index contributed by atoms with van der Waals surface area (Å²) in [6.07, 6.45) is 4.16. The molecule has 0 saturated carbocycles. The van der Waals surface area contributed by atoms with Gasteiger partial charge in [0.05, 0.1) is 0 Å². The molecule has 1 aromatic heterocycles. The first-order valence-electron chi connectivity index (χ1n) is 5.68. The number of nitrogens with zero attached hydrogens (tertiary/aromatic N) is 1. The number of hydrogen-bond acceptors (Lipinski definition) is 2. The van der Waals surface area contributed by atoms with Gasteiger partial charge in [-0.1, -0.05) is 29.3 Å². The number of benzene rings is 1. The molecular weight excluding hydrogens is 267 g/mol. The Bertz CT molecular complexity index is 535. The van der Waals surface area contributed by atoms with E-state index >= 15 is 0 Å². The van der Waals surface area contributed by atoms with Gasteiger partial charge < -0.3 is 5.73 Å². The van der Waals surface area contributed by atoms with Crippen molar-refractivity contribution < 1.29 is 0 Å². The first-order valence-corrected chi connectivity index (χ1v) is 6.44. The van der Waals surface area contributed by atoms with Crippen molar-refractivity contribution in [2.75, 3.05) is 0 Å². The highest BCUT2D eigenvalue weighted by atomic mass is 35.5. The van der Waals surface area contributed by atoms with Gasteiger partial charge in [-0.05, 0) is 48.2 Å². The van der Waals surface area contributed by atoms with Gasteiger partial charge in [0, 0.05) is 28.5 Å². The second kappa shape index (κ2) is 5.70. The number of pyridine rings is 1. The van der Waals surface area contributed by atoms with Gasteiger partial charge in [-0.3, -0.25) is 4.98 Å². The summed E-state index contributed by atoms with van der Waals surface area (Å²) in [6.45, 7) is 2.02. The second-order valence-corrected chi connectivity index (χ2v) is 5.06. The normalized spacial score (nSPS) is 12.4. The van der Waals surface area contributed by atoms with Gasteiger partial charge in [0.15, 0.2) is 0 Å². The van der Waals surface area contributed by atoms with E-state index in [9.17, 15) is 0 Å². The van der Waals surface area contributed by atoms with Crippen LogP contribution in [0.5, 0.6) is 0 Å². The minimum absolute atomic E-state index is 0.156. The quantitative estimate of drug-likeness (QED) is 0.925. The maximum absolute atomic E-state index is 6.21. The molecule has 0 spiro atoms. The fraction of sp³-hybridized carbons (Fsp3) is 0.214. The molecule has 1 heterocycles. The van der Waals surface area contributed by atoms with Gasteiger partial charge in [-0.15, -0.1) is 0 Å². The van der Waals surface area contributed by atoms with E-state index in [4.69, 9.17) is 28.9 Å². The van der Waals surface area contributed by atoms with Gasteiger partial charge in [0.25, 0.3) is 0 Å². The second-order valence-electron chi connectivity index (χ2n) is 4.24. The third-order valence-electron chi connectivity index (χ3n) is 2.96. The molecule has 2 aromatic rings. The highest BCUT2D eigenvalue weighted by molar-refractivity contribution is 6.36. The lowest BCUT2D eigenvalue weighted by Crippen LogP contribution is -2.15. The first kappa shape index (κ1) is 13.3. The Balaban J connectivity index is 2.27. The smallest absolute Gasteiger partial charge is 0.0453 e. The number of hydrogen-bond donors (Lipinski definition) is 1. The van der Waals surface area contributed by atoms with Crippen LogP contribution in [0.3, 0.4) is 0 Å². The molecule has 2 rings (SSSR count). The summed E-state index contributed by atoms with van der Waals surface area (Å²) in [6, 6.07) is 7.27. The lowest BCUT2D eigenvalue weighted by molar-refractivity contribution is 0.712. The van der Waals surface area contributed by atoms with Gasteiger partial charge in [0.2, 0.25) is 0 Å². The zero-order valence-corrected chi connectivity index (χ0v) is 11.5. The van der Waals surface area contributed by atoms with Crippen molar-refractivity contribution in [1.82, 2.24) is 4.98 Å². The van der Waals surface area contributed by atoms with E-state index in [0.717, 1.165) is 16.7 Å². The average Bonchev–Trinajstić information content (AvgIpc) is 2.34. The average molecular weight is 281 g/mol. The Morgan fingerprint density at radius 3 is 2.50 bits per heavy atom. The van der Waals surface area contributed by atoms with Crippen LogP contribution in [0, 0.1) is 6.92 Å². The Hall–Kier alpha value is -1.09. The number of aryl methyl sites for hydroxylation is 1. The van der Waals surface area contributed by atoms with Gasteiger partial charge in [0.1, 0.15) is 0 Å². The molecule has 2 N–H and O–H groups in total. The van der Waals surface area contributed by atoms with Crippen molar-refractivity contribution in [3.05, 3.63) is 63.4 Å². The molecule has 0 bridgehead atoms. The molecule has 0 aliphatic heterocycles. The maximum atomic E-state index is 6.21. The van der Waals surface area contributed by atoms with Crippen LogP contribution in [0.15, 0.2) is 36.7 Å². The van der Waals surface area contributed by atoms with Crippen LogP contribution in [0.1, 0.15) is 22.7 Å². The minimum atomic E-state index is -0.156. The first-order chi connectivity index (χ1) is 8.59. The van der Waals surface area contributed by atoms with E-state index in [1.165, 1.54) is 0 Å². The van der Waals surface area contributed by atoms with Crippen LogP contribution in [0.4, 0.5) is 0 Å². The number of halogens is 2. The molecule has 0 radical (unpaired) electrons. The van der Waals surface area contributed by atoms with Crippen molar-refractivity contribution in [1.29, 1.82) is 0 Å². The molecule has 1 unspecified atom stereocenters. The fourth-order valence-corrected chi connectivity index (χ4v) is 2.47. The summed E-state index contributed by atoms with van der Waals surface area (Å²) in [5, 5.41) is 1.30. The lowest BCUT2D eigenvalue weighted by atomic mass is 9.98. The third-order valence-corrected chi connectivity index (χ3v) is 3.67. The van der Waals surface area contributed by atoms with Gasteiger partial charge >= 0.3 is 0 Å². The van der Waals surface area contributed by atoms with Crippen molar-refractivity contribution in [2.45, 2.75) is 19.4 Å². The molecule has 0 aliphatic rings. The molecule has 1 atom stereocenters. The van der Waals surface area contributed by atoms with Gasteiger partial charge in [-0.2, -0.15) is 0 Å². The number of aromatic nitrogens is 1. The summed E-state index contributed by atoms with van der Waals surface area (Å²) in [5.41, 5.74) is 9.24. The fourth-order valence-electron chi connectivity index (χ4n) is 1.92. The Morgan fingerprint density at radius 1 is 1.22 bits per heavy atom. The van der Waals surface area contributed by atoms with Crippen molar-refractivity contribution in [3.8, 4) is 0 Å². The third kappa shape index (κ3) is 2.83. The summed E-state index contributed by atoms with van der Waals surface area (Å²) < 4.78 is 0. The lowest BCUT2D eigenvalue weighted by Gasteiger charge is -2.16. The number of rotatable bonds is 3. The summed E-state index contributed by atoms with van der Waals surface area (Å²) in [4.78, 5) is 4.11. The molecule has 18 heavy (non-hydrogen) atoms. The van der Waals surface area contributed by atoms with Crippen LogP contribution in [0.2, 0.25) is 10.0 Å². The largest absolute Gasteiger partial charge is 0.324 e. The van der Waals surface area contributed by atoms with E-state index in [-0.39, 0.29) is 6.04 Å². The molecule has 1 aromatic carbocycles. The van der Waals surface area contributed by atoms with Crippen molar-refractivity contribution >= 4 is 23.2 Å². The highest BCUT2D eigenvalue weighted by Gasteiger charge is 2.14. The maximum Gasteiger partial charge on any atom is 0.0453 e. The van der Waals surface area contributed by atoms with E-state index < -0.39 is 0 Å². The highest BCUT2D eigenvalue weighted by Crippen LogP contribution is 2.28. The zero-order valence-electron chi connectivity index (χ0n) is 10.0. The van der Waals surface area contributed by atoms with Crippen LogP contribution >= 0.6 is 23.2 Å². The monoisotopic (exact) mass is 280 g/mol. The Labute approximate surface area is 117 Å². The molecule has 94 valence electrons. The topological polar surface area (TPSA) is 38.9 Å². The van der Waals surface area contributed by atoms with E-state index in [0.29, 0.717) is 16.5 Å². The van der Waals surface area contributed by atoms with Gasteiger partial charge in [-0.25, -0.2) is 0 Å². The molecule has 0 aliphatic carbocycles. The SMILES string of the molecule is Cc1ccncc1C(N)Cc1c(Cl)cccc1Cl. The van der Waals surface area contributed by atoms with Crippen LogP contribution in [0.25, 0.3) is 0 Å². The molecular formula is C14H14Cl2N2. The summed E-state index contributed by atoms with van der Waals surface area (Å²) >= 11 is 12.3. The molecule has 0 amide bonds. The molecule has 2 nitrogen and oxygen atoms in total. The predicted molar refractivity (Wildman–Crippen MR) is 76.1 cm³/mol. The molecule has 0 fully saturated rings. The van der Waals surface area contributed by atoms with E-state index in [2.05, 4.69) is 4.98 Å². The predicted octanol–water partition coefficient (Wildman–Crippen LogP) is 3.94. The van der Waals surface area contributed by atoms with Crippen LogP contribution in [-0.2, 0) is 6.42 Å². The summed E-state index contributed by atoms with van der Waals surface area (Å²) in [5.74, 6) is 0. The van der Waals surface area contributed by atoms with Crippen LogP contribution < -0.4 is 5.73 Å². The Kier molecular flexibility index (Phi) is 4.23. The standard InChI is InChI=1S/C14H14Cl2N2/c1-9-5-6-18-8-11(9)14(17)7-10-12(15)3-2-4-13(10)16/h2-6,8,14H,7,17H2,1H3. The Morgan fingerprint density at radius 2 is 1.89 bits per heavy atom. The summed E-state index contributed by atoms with van der Waals surface area (Å²) in [7, 11) is 0. The zero-order chi connectivity index (χ0) is 13.1. The molecule has 4 heteroatoms. The van der Waals surface area contributed by atoms with Crippen molar-refractivity contribution in [2.24, 2.45) is 5.73 Å². The van der Waals surface area contributed by atoms with E-state index in [1.54, 1.807) is 12.4 Å². The molecule has 0 saturated heterocycles. The number of nitrogens with two attached hydrogens (primary N) is 1. The van der Waals surface area contributed by atoms with Crippen molar-refractivity contribution in [3.63, 3.8) is 0 Å².